The van der Waals surface area contributed by atoms with Gasteiger partial charge < -0.3 is 19.8 Å². The number of hydrogen-bond acceptors (Lipinski definition) is 5. The van der Waals surface area contributed by atoms with Crippen molar-refractivity contribution in [3.05, 3.63) is 36.5 Å². The number of phosphoric acid groups is 1. The molecular formula is C59H116N2O6P+. The van der Waals surface area contributed by atoms with Gasteiger partial charge in [0.25, 0.3) is 0 Å². The molecule has 3 atom stereocenters. The summed E-state index contributed by atoms with van der Waals surface area (Å²) in [5.74, 6) is -0.194. The molecule has 0 radical (unpaired) electrons. The lowest BCUT2D eigenvalue weighted by Crippen LogP contribution is -2.45. The number of rotatable bonds is 54. The van der Waals surface area contributed by atoms with Crippen molar-refractivity contribution in [2.75, 3.05) is 40.9 Å². The van der Waals surface area contributed by atoms with Gasteiger partial charge in [0.2, 0.25) is 5.91 Å². The van der Waals surface area contributed by atoms with Gasteiger partial charge in [-0.3, -0.25) is 13.8 Å². The summed E-state index contributed by atoms with van der Waals surface area (Å²) >= 11 is 0. The SMILES string of the molecule is CCCCCCC/C=C\CCCCCCCC(=O)NC(COP(=O)(O)OCC[N+](C)(C)C)C(O)/C=C/CC/C=C/CCCCCCCCCCCCCCCCCCCCCCCCCCCC. The molecule has 3 N–H and O–H groups in total. The molecule has 9 heteroatoms. The van der Waals surface area contributed by atoms with Crippen LogP contribution in [0.4, 0.5) is 0 Å². The average molecular weight is 981 g/mol. The Balaban J connectivity index is 4.11. The summed E-state index contributed by atoms with van der Waals surface area (Å²) in [5, 5.41) is 13.9. The first-order chi connectivity index (χ1) is 33.0. The first-order valence-corrected chi connectivity index (χ1v) is 30.9. The van der Waals surface area contributed by atoms with Crippen molar-refractivity contribution in [1.82, 2.24) is 5.32 Å². The predicted molar refractivity (Wildman–Crippen MR) is 295 cm³/mol. The van der Waals surface area contributed by atoms with Crippen LogP contribution in [0.15, 0.2) is 36.5 Å². The molecule has 8 nitrogen and oxygen atoms in total. The Morgan fingerprint density at radius 3 is 1.18 bits per heavy atom. The zero-order chi connectivity index (χ0) is 49.9. The largest absolute Gasteiger partial charge is 0.472 e. The van der Waals surface area contributed by atoms with Crippen LogP contribution in [-0.2, 0) is 18.4 Å². The summed E-state index contributed by atoms with van der Waals surface area (Å²) in [6, 6.07) is -0.867. The molecule has 402 valence electrons. The zero-order valence-corrected chi connectivity index (χ0v) is 46.8. The number of nitrogens with zero attached hydrogens (tertiary/aromatic N) is 1. The van der Waals surface area contributed by atoms with E-state index in [1.807, 2.05) is 27.2 Å². The van der Waals surface area contributed by atoms with E-state index in [-0.39, 0.29) is 19.1 Å². The minimum Gasteiger partial charge on any atom is -0.387 e. The number of amides is 1. The number of carbonyl (C=O) groups is 1. The number of carbonyl (C=O) groups excluding carboxylic acids is 1. The van der Waals surface area contributed by atoms with Crippen molar-refractivity contribution < 1.29 is 32.9 Å². The number of aliphatic hydroxyl groups excluding tert-OH is 1. The topological polar surface area (TPSA) is 105 Å². The number of aliphatic hydroxyl groups is 1. The second-order valence-electron chi connectivity index (χ2n) is 21.4. The summed E-state index contributed by atoms with van der Waals surface area (Å²) in [4.78, 5) is 23.2. The lowest BCUT2D eigenvalue weighted by molar-refractivity contribution is -0.870. The maximum absolute atomic E-state index is 12.9. The summed E-state index contributed by atoms with van der Waals surface area (Å²) < 4.78 is 23.7. The van der Waals surface area contributed by atoms with Gasteiger partial charge in [0, 0.05) is 6.42 Å². The van der Waals surface area contributed by atoms with Crippen LogP contribution in [0.2, 0.25) is 0 Å². The van der Waals surface area contributed by atoms with Crippen LogP contribution in [0.3, 0.4) is 0 Å². The van der Waals surface area contributed by atoms with Gasteiger partial charge >= 0.3 is 7.82 Å². The second kappa shape index (κ2) is 50.7. The molecule has 0 aliphatic heterocycles. The number of nitrogens with one attached hydrogen (secondary N) is 1. The highest BCUT2D eigenvalue weighted by Gasteiger charge is 2.27. The van der Waals surface area contributed by atoms with Gasteiger partial charge in [-0.25, -0.2) is 4.57 Å². The van der Waals surface area contributed by atoms with Gasteiger partial charge in [-0.1, -0.05) is 256 Å². The molecule has 0 spiro atoms. The summed E-state index contributed by atoms with van der Waals surface area (Å²) in [7, 11) is 1.56. The molecule has 0 aromatic heterocycles. The van der Waals surface area contributed by atoms with Crippen LogP contribution >= 0.6 is 7.82 Å². The standard InChI is InChI=1S/C59H115N2O6P/c1-6-8-10-12-14-16-18-20-22-23-24-25-26-27-28-29-30-31-32-33-34-35-36-37-38-39-40-42-44-46-48-50-52-58(62)57(56-67-68(64,65)66-55-54-61(3,4)5)60-59(63)53-51-49-47-45-43-41-21-19-17-15-13-11-9-7-2/h19,21,42,44,50,52,57-58,62H,6-18,20,22-41,43,45-49,51,53-56H2,1-5H3,(H-,60,63,64,65)/p+1/b21-19-,44-42+,52-50+. The van der Waals surface area contributed by atoms with Crippen molar-refractivity contribution in [2.45, 2.75) is 296 Å². The van der Waals surface area contributed by atoms with Crippen molar-refractivity contribution in [3.8, 4) is 0 Å². The molecular weight excluding hydrogens is 864 g/mol. The summed E-state index contributed by atoms with van der Waals surface area (Å²) in [6.45, 7) is 4.80. The second-order valence-corrected chi connectivity index (χ2v) is 22.8. The summed E-state index contributed by atoms with van der Waals surface area (Å²) in [5.41, 5.74) is 0. The Kier molecular flexibility index (Phi) is 49.7. The minimum atomic E-state index is -4.35. The lowest BCUT2D eigenvalue weighted by Gasteiger charge is -2.25. The van der Waals surface area contributed by atoms with E-state index < -0.39 is 20.0 Å². The fraction of sp³-hybridized carbons (Fsp3) is 0.881. The monoisotopic (exact) mass is 980 g/mol. The van der Waals surface area contributed by atoms with E-state index in [9.17, 15) is 19.4 Å². The van der Waals surface area contributed by atoms with Crippen LogP contribution in [0.25, 0.3) is 0 Å². The molecule has 0 aromatic carbocycles. The third kappa shape index (κ3) is 52.5. The zero-order valence-electron chi connectivity index (χ0n) is 45.9. The van der Waals surface area contributed by atoms with E-state index >= 15 is 0 Å². The van der Waals surface area contributed by atoms with Crippen LogP contribution in [0.5, 0.6) is 0 Å². The predicted octanol–water partition coefficient (Wildman–Crippen LogP) is 17.8. The molecule has 3 unspecified atom stereocenters. The number of likely N-dealkylation sites (N-methyl/N-ethyl adjacent to an activating group) is 1. The number of phosphoric ester groups is 1. The Hall–Kier alpha value is -1.28. The van der Waals surface area contributed by atoms with E-state index in [1.165, 1.54) is 212 Å². The van der Waals surface area contributed by atoms with Gasteiger partial charge in [0.05, 0.1) is 39.9 Å². The van der Waals surface area contributed by atoms with Gasteiger partial charge in [0.15, 0.2) is 0 Å². The number of hydrogen-bond donors (Lipinski definition) is 3. The maximum Gasteiger partial charge on any atom is 0.472 e. The van der Waals surface area contributed by atoms with Gasteiger partial charge in [0.1, 0.15) is 13.2 Å². The van der Waals surface area contributed by atoms with E-state index in [0.29, 0.717) is 17.4 Å². The third-order valence-electron chi connectivity index (χ3n) is 13.3. The molecule has 0 saturated heterocycles. The fourth-order valence-corrected chi connectivity index (χ4v) is 9.44. The highest BCUT2D eigenvalue weighted by molar-refractivity contribution is 7.47. The summed E-state index contributed by atoms with van der Waals surface area (Å²) in [6.07, 6.45) is 65.6. The molecule has 68 heavy (non-hydrogen) atoms. The van der Waals surface area contributed by atoms with E-state index in [1.54, 1.807) is 6.08 Å². The Labute approximate surface area is 423 Å². The average Bonchev–Trinajstić information content (AvgIpc) is 3.30. The van der Waals surface area contributed by atoms with Crippen LogP contribution < -0.4 is 5.32 Å². The van der Waals surface area contributed by atoms with Crippen LogP contribution in [0.1, 0.15) is 284 Å². The molecule has 0 bridgehead atoms. The molecule has 0 aliphatic carbocycles. The van der Waals surface area contributed by atoms with Crippen molar-refractivity contribution in [3.63, 3.8) is 0 Å². The maximum atomic E-state index is 12.9. The number of quaternary nitrogens is 1. The molecule has 0 heterocycles. The van der Waals surface area contributed by atoms with E-state index in [2.05, 4.69) is 43.5 Å². The number of allylic oxidation sites excluding steroid dienone is 5. The Morgan fingerprint density at radius 1 is 0.485 bits per heavy atom. The normalized spacial score (nSPS) is 14.2. The molecule has 0 aromatic rings. The highest BCUT2D eigenvalue weighted by Crippen LogP contribution is 2.43. The van der Waals surface area contributed by atoms with Crippen molar-refractivity contribution >= 4 is 13.7 Å². The van der Waals surface area contributed by atoms with Crippen molar-refractivity contribution in [1.29, 1.82) is 0 Å². The van der Waals surface area contributed by atoms with Gasteiger partial charge in [-0.05, 0) is 57.8 Å². The van der Waals surface area contributed by atoms with E-state index in [4.69, 9.17) is 9.05 Å². The minimum absolute atomic E-state index is 0.0550. The number of unbranched alkanes of at least 4 members (excludes halogenated alkanes) is 37. The van der Waals surface area contributed by atoms with Gasteiger partial charge in [-0.15, -0.1) is 0 Å². The third-order valence-corrected chi connectivity index (χ3v) is 14.3. The fourth-order valence-electron chi connectivity index (χ4n) is 8.70. The smallest absolute Gasteiger partial charge is 0.387 e. The molecule has 0 fully saturated rings. The Bertz CT molecular complexity index is 1200. The first kappa shape index (κ1) is 66.7. The molecule has 0 saturated carbocycles. The van der Waals surface area contributed by atoms with Crippen LogP contribution in [-0.4, -0.2) is 73.4 Å². The lowest BCUT2D eigenvalue weighted by atomic mass is 10.0. The van der Waals surface area contributed by atoms with Crippen molar-refractivity contribution in [2.24, 2.45) is 0 Å². The molecule has 0 aliphatic rings. The Morgan fingerprint density at radius 2 is 0.809 bits per heavy atom. The molecule has 0 rings (SSSR count). The van der Waals surface area contributed by atoms with Gasteiger partial charge in [-0.2, -0.15) is 0 Å². The van der Waals surface area contributed by atoms with Crippen LogP contribution in [0, 0.1) is 0 Å². The first-order valence-electron chi connectivity index (χ1n) is 29.4. The molecule has 1 amide bonds. The van der Waals surface area contributed by atoms with E-state index in [0.717, 1.165) is 51.4 Å². The highest BCUT2D eigenvalue weighted by atomic mass is 31.2. The quantitative estimate of drug-likeness (QED) is 0.0243.